The van der Waals surface area contributed by atoms with E-state index in [9.17, 15) is 0 Å². The number of anilines is 3. The molecule has 0 aliphatic heterocycles. The van der Waals surface area contributed by atoms with Gasteiger partial charge in [-0.25, -0.2) is 0 Å². The highest BCUT2D eigenvalue weighted by Gasteiger charge is 2.38. The minimum Gasteiger partial charge on any atom is -0.310 e. The Kier molecular flexibility index (Phi) is 6.74. The van der Waals surface area contributed by atoms with E-state index in [4.69, 9.17) is 0 Å². The second-order valence-electron chi connectivity index (χ2n) is 17.8. The zero-order valence-corrected chi connectivity index (χ0v) is 34.1. The quantitative estimate of drug-likeness (QED) is 0.174. The minimum absolute atomic E-state index is 0.0880. The van der Waals surface area contributed by atoms with Crippen LogP contribution in [0.15, 0.2) is 133 Å². The van der Waals surface area contributed by atoms with Crippen molar-refractivity contribution in [1.82, 2.24) is 0 Å². The van der Waals surface area contributed by atoms with Gasteiger partial charge in [-0.15, -0.1) is 22.7 Å². The second kappa shape index (κ2) is 11.2. The molecule has 1 nitrogen and oxygen atoms in total. The number of benzene rings is 7. The number of rotatable bonds is 3. The van der Waals surface area contributed by atoms with Gasteiger partial charge in [-0.1, -0.05) is 127 Å². The molecule has 0 fully saturated rings. The molecule has 0 amide bonds. The Hall–Kier alpha value is -5.22. The van der Waals surface area contributed by atoms with Crippen LogP contribution >= 0.6 is 22.7 Å². The molecule has 0 bridgehead atoms. The fourth-order valence-electron chi connectivity index (χ4n) is 9.87. The van der Waals surface area contributed by atoms with Gasteiger partial charge in [0.1, 0.15) is 0 Å². The smallest absolute Gasteiger partial charge is 0.0476 e. The normalized spacial score (nSPS) is 15.1. The van der Waals surface area contributed by atoms with Gasteiger partial charge in [-0.2, -0.15) is 0 Å². The second-order valence-corrected chi connectivity index (χ2v) is 19.9. The van der Waals surface area contributed by atoms with Crippen LogP contribution in [-0.2, 0) is 16.2 Å². The number of thiophene rings is 2. The van der Waals surface area contributed by atoms with Crippen molar-refractivity contribution in [3.8, 4) is 22.3 Å². The molecule has 2 aliphatic rings. The topological polar surface area (TPSA) is 3.24 Å². The van der Waals surface area contributed by atoms with E-state index < -0.39 is 0 Å². The maximum atomic E-state index is 2.51. The number of hydrogen-bond donors (Lipinski definition) is 0. The summed E-state index contributed by atoms with van der Waals surface area (Å²) in [5, 5.41) is 5.40. The Labute approximate surface area is 331 Å². The molecule has 0 unspecified atom stereocenters. The lowest BCUT2D eigenvalue weighted by atomic mass is 9.82. The summed E-state index contributed by atoms with van der Waals surface area (Å²) < 4.78 is 5.45. The summed E-state index contributed by atoms with van der Waals surface area (Å²) in [5.74, 6) is 0. The summed E-state index contributed by atoms with van der Waals surface area (Å²) in [6.45, 7) is 16.6. The predicted octanol–water partition coefficient (Wildman–Crippen LogP) is 15.8. The largest absolute Gasteiger partial charge is 0.310 e. The highest BCUT2D eigenvalue weighted by molar-refractivity contribution is 7.26. The van der Waals surface area contributed by atoms with Gasteiger partial charge in [-0.05, 0) is 110 Å². The average molecular weight is 746 g/mol. The highest BCUT2D eigenvalue weighted by Crippen LogP contribution is 2.55. The first-order chi connectivity index (χ1) is 26.4. The van der Waals surface area contributed by atoms with Crippen LogP contribution < -0.4 is 4.90 Å². The summed E-state index contributed by atoms with van der Waals surface area (Å²) in [6, 6.07) is 51.1. The molecule has 2 aliphatic carbocycles. The lowest BCUT2D eigenvalue weighted by Crippen LogP contribution is -2.18. The summed E-state index contributed by atoms with van der Waals surface area (Å²) in [4.78, 5) is 2.50. The Bertz CT molecular complexity index is 3090. The molecule has 0 N–H and O–H groups in total. The average Bonchev–Trinajstić information content (AvgIpc) is 3.86. The van der Waals surface area contributed by atoms with E-state index in [1.807, 2.05) is 22.7 Å². The van der Waals surface area contributed by atoms with E-state index in [2.05, 4.69) is 187 Å². The van der Waals surface area contributed by atoms with Crippen LogP contribution in [0.1, 0.15) is 76.3 Å². The Morgan fingerprint density at radius 3 is 1.75 bits per heavy atom. The van der Waals surface area contributed by atoms with Crippen molar-refractivity contribution in [3.05, 3.63) is 161 Å². The molecule has 55 heavy (non-hydrogen) atoms. The van der Waals surface area contributed by atoms with E-state index in [-0.39, 0.29) is 16.2 Å². The molecule has 0 saturated heterocycles. The minimum atomic E-state index is -0.152. The van der Waals surface area contributed by atoms with Crippen LogP contribution in [0.4, 0.5) is 17.1 Å². The van der Waals surface area contributed by atoms with Gasteiger partial charge >= 0.3 is 0 Å². The van der Waals surface area contributed by atoms with Gasteiger partial charge < -0.3 is 4.90 Å². The third-order valence-corrected chi connectivity index (χ3v) is 15.1. The summed E-state index contributed by atoms with van der Waals surface area (Å²) in [5.41, 5.74) is 15.9. The molecular formula is C52H43NS2. The molecule has 7 aromatic carbocycles. The van der Waals surface area contributed by atoms with Crippen molar-refractivity contribution in [2.45, 2.75) is 64.7 Å². The summed E-state index contributed by atoms with van der Waals surface area (Å²) >= 11 is 3.85. The molecule has 0 spiro atoms. The highest BCUT2D eigenvalue weighted by atomic mass is 32.1. The van der Waals surface area contributed by atoms with E-state index in [0.29, 0.717) is 0 Å². The van der Waals surface area contributed by atoms with Gasteiger partial charge in [0.05, 0.1) is 0 Å². The first-order valence-electron chi connectivity index (χ1n) is 19.5. The summed E-state index contributed by atoms with van der Waals surface area (Å²) in [6.07, 6.45) is 0. The lowest BCUT2D eigenvalue weighted by Gasteiger charge is -2.29. The molecule has 0 saturated carbocycles. The Morgan fingerprint density at radius 1 is 0.418 bits per heavy atom. The molecular weight excluding hydrogens is 703 g/mol. The van der Waals surface area contributed by atoms with Crippen molar-refractivity contribution in [2.24, 2.45) is 0 Å². The van der Waals surface area contributed by atoms with Crippen LogP contribution in [0.25, 0.3) is 62.6 Å². The maximum Gasteiger partial charge on any atom is 0.0476 e. The molecule has 0 radical (unpaired) electrons. The van der Waals surface area contributed by atoms with E-state index in [0.717, 1.165) is 0 Å². The Morgan fingerprint density at radius 2 is 0.982 bits per heavy atom. The lowest BCUT2D eigenvalue weighted by molar-refractivity contribution is 0.597. The van der Waals surface area contributed by atoms with Gasteiger partial charge in [0.15, 0.2) is 0 Å². The fraction of sp³-hybridized carbons (Fsp3) is 0.192. The third-order valence-electron chi connectivity index (χ3n) is 12.8. The standard InChI is InChI=1S/C52H43NS2/c1-50(2,3)42-17-12-15-38-40-28-39-35-23-20-31(26-44(35)52(6,7)45(39)29-48(40)55-49(38)42)53(32-21-24-37-36-14-9-11-18-46(36)54-47(37)27-32)30-19-22-34-33-13-8-10-16-41(33)51(4,5)43(34)25-30/h8-29H,1-7H3. The molecule has 0 atom stereocenters. The van der Waals surface area contributed by atoms with E-state index in [1.54, 1.807) is 0 Å². The number of hydrogen-bond acceptors (Lipinski definition) is 3. The fourth-order valence-corrected chi connectivity index (χ4v) is 12.5. The van der Waals surface area contributed by atoms with E-state index in [1.165, 1.54) is 107 Å². The number of fused-ring (bicyclic) bond motifs is 12. The van der Waals surface area contributed by atoms with Crippen molar-refractivity contribution < 1.29 is 0 Å². The zero-order valence-electron chi connectivity index (χ0n) is 32.5. The molecule has 3 heteroatoms. The number of nitrogens with zero attached hydrogens (tertiary/aromatic N) is 1. The summed E-state index contributed by atoms with van der Waals surface area (Å²) in [7, 11) is 0. The van der Waals surface area contributed by atoms with Crippen molar-refractivity contribution in [3.63, 3.8) is 0 Å². The zero-order chi connectivity index (χ0) is 37.6. The van der Waals surface area contributed by atoms with Crippen LogP contribution in [0.5, 0.6) is 0 Å². The van der Waals surface area contributed by atoms with Crippen LogP contribution in [-0.4, -0.2) is 0 Å². The molecule has 11 rings (SSSR count). The van der Waals surface area contributed by atoms with Gasteiger partial charge in [0.2, 0.25) is 0 Å². The van der Waals surface area contributed by atoms with Gasteiger partial charge in [0.25, 0.3) is 0 Å². The first kappa shape index (κ1) is 33.1. The van der Waals surface area contributed by atoms with Crippen LogP contribution in [0.2, 0.25) is 0 Å². The Balaban J connectivity index is 1.10. The molecule has 268 valence electrons. The first-order valence-corrected chi connectivity index (χ1v) is 21.1. The van der Waals surface area contributed by atoms with Gasteiger partial charge in [0, 0.05) is 68.2 Å². The molecule has 2 heterocycles. The van der Waals surface area contributed by atoms with E-state index >= 15 is 0 Å². The SMILES string of the molecule is CC(C)(C)c1cccc2c1sc1cc3c(cc12)-c1ccc(N(c2ccc4c(c2)C(C)(C)c2ccccc2-4)c2ccc4c(c2)sc2ccccc24)cc1C3(C)C. The third kappa shape index (κ3) is 4.63. The van der Waals surface area contributed by atoms with Crippen LogP contribution in [0, 0.1) is 0 Å². The van der Waals surface area contributed by atoms with Crippen LogP contribution in [0.3, 0.4) is 0 Å². The maximum absolute atomic E-state index is 2.51. The van der Waals surface area contributed by atoms with Crippen molar-refractivity contribution in [2.75, 3.05) is 4.90 Å². The predicted molar refractivity (Wildman–Crippen MR) is 241 cm³/mol. The monoisotopic (exact) mass is 745 g/mol. The van der Waals surface area contributed by atoms with Crippen molar-refractivity contribution in [1.29, 1.82) is 0 Å². The molecule has 2 aromatic heterocycles. The van der Waals surface area contributed by atoms with Crippen molar-refractivity contribution >= 4 is 80.1 Å². The van der Waals surface area contributed by atoms with Gasteiger partial charge in [-0.3, -0.25) is 0 Å². The molecule has 9 aromatic rings.